The molecule has 0 aromatic heterocycles. The number of rotatable bonds is 8. The first kappa shape index (κ1) is 16.6. The summed E-state index contributed by atoms with van der Waals surface area (Å²) in [4.78, 5) is 23.8. The second kappa shape index (κ2) is 8.04. The van der Waals surface area contributed by atoms with Gasteiger partial charge in [0, 0.05) is 25.0 Å². The van der Waals surface area contributed by atoms with E-state index in [0.29, 0.717) is 37.5 Å². The quantitative estimate of drug-likeness (QED) is 0.687. The molecule has 1 aromatic rings. The van der Waals surface area contributed by atoms with Crippen molar-refractivity contribution >= 4 is 11.6 Å². The molecule has 0 bridgehead atoms. The van der Waals surface area contributed by atoms with Crippen LogP contribution in [0.15, 0.2) is 42.0 Å². The minimum Gasteiger partial charge on any atom is -0.377 e. The Balaban J connectivity index is 1.80. The van der Waals surface area contributed by atoms with Gasteiger partial charge < -0.3 is 4.74 Å². The summed E-state index contributed by atoms with van der Waals surface area (Å²) in [5.74, 6) is 0.544. The van der Waals surface area contributed by atoms with Gasteiger partial charge in [0.2, 0.25) is 0 Å². The van der Waals surface area contributed by atoms with Crippen LogP contribution >= 0.6 is 0 Å². The van der Waals surface area contributed by atoms with Crippen molar-refractivity contribution < 1.29 is 14.3 Å². The van der Waals surface area contributed by atoms with Crippen LogP contribution in [0.1, 0.15) is 38.7 Å². The summed E-state index contributed by atoms with van der Waals surface area (Å²) in [6.45, 7) is 5.18. The topological polar surface area (TPSA) is 43.4 Å². The Bertz CT molecular complexity index is 543. The number of Topliss-reactive ketones (excluding diaryl/α,β-unsaturated/α-hetero) is 1. The Morgan fingerprint density at radius 1 is 1.27 bits per heavy atom. The Kier molecular flexibility index (Phi) is 6.08. The average molecular weight is 300 g/mol. The van der Waals surface area contributed by atoms with Crippen LogP contribution < -0.4 is 0 Å². The molecule has 1 aromatic carbocycles. The van der Waals surface area contributed by atoms with Crippen molar-refractivity contribution in [2.75, 3.05) is 6.61 Å². The van der Waals surface area contributed by atoms with E-state index < -0.39 is 0 Å². The first-order valence-corrected chi connectivity index (χ1v) is 7.95. The third-order valence-corrected chi connectivity index (χ3v) is 3.84. The minimum absolute atomic E-state index is 0.0366. The lowest BCUT2D eigenvalue weighted by atomic mass is 9.91. The molecule has 0 amide bonds. The molecule has 1 aliphatic carbocycles. The van der Waals surface area contributed by atoms with Gasteiger partial charge in [-0.15, -0.1) is 0 Å². The van der Waals surface area contributed by atoms with Crippen LogP contribution in [0.3, 0.4) is 0 Å². The summed E-state index contributed by atoms with van der Waals surface area (Å²) in [5.41, 5.74) is 1.85. The molecule has 3 nitrogen and oxygen atoms in total. The van der Waals surface area contributed by atoms with Gasteiger partial charge in [0.05, 0.1) is 6.61 Å². The molecule has 2 rings (SSSR count). The van der Waals surface area contributed by atoms with E-state index in [-0.39, 0.29) is 17.5 Å². The highest BCUT2D eigenvalue weighted by molar-refractivity contribution is 6.06. The number of hydrogen-bond acceptors (Lipinski definition) is 3. The molecular weight excluding hydrogens is 276 g/mol. The highest BCUT2D eigenvalue weighted by Crippen LogP contribution is 2.29. The van der Waals surface area contributed by atoms with Gasteiger partial charge in [-0.25, -0.2) is 0 Å². The Hall–Kier alpha value is -1.74. The molecule has 1 unspecified atom stereocenters. The van der Waals surface area contributed by atoms with Gasteiger partial charge in [0.15, 0.2) is 11.6 Å². The Labute approximate surface area is 132 Å². The van der Waals surface area contributed by atoms with Crippen LogP contribution in [-0.4, -0.2) is 18.2 Å². The maximum atomic E-state index is 12.2. The van der Waals surface area contributed by atoms with Crippen LogP contribution in [0.25, 0.3) is 0 Å². The van der Waals surface area contributed by atoms with Crippen molar-refractivity contribution in [3.8, 4) is 0 Å². The van der Waals surface area contributed by atoms with Gasteiger partial charge in [0.25, 0.3) is 0 Å². The first-order valence-electron chi connectivity index (χ1n) is 7.95. The van der Waals surface area contributed by atoms with E-state index in [1.165, 1.54) is 0 Å². The zero-order chi connectivity index (χ0) is 15.9. The lowest BCUT2D eigenvalue weighted by Gasteiger charge is -2.14. The summed E-state index contributed by atoms with van der Waals surface area (Å²) in [5, 5.41) is 0. The molecule has 1 aliphatic rings. The molecule has 0 spiro atoms. The molecule has 0 fully saturated rings. The summed E-state index contributed by atoms with van der Waals surface area (Å²) < 4.78 is 5.68. The van der Waals surface area contributed by atoms with E-state index in [1.54, 1.807) is 6.08 Å². The molecule has 0 N–H and O–H groups in total. The lowest BCUT2D eigenvalue weighted by Crippen LogP contribution is -2.14. The molecule has 22 heavy (non-hydrogen) atoms. The van der Waals surface area contributed by atoms with Crippen LogP contribution in [0.4, 0.5) is 0 Å². The Morgan fingerprint density at radius 2 is 2.00 bits per heavy atom. The fraction of sp³-hybridized carbons (Fsp3) is 0.474. The predicted molar refractivity (Wildman–Crippen MR) is 86.4 cm³/mol. The smallest absolute Gasteiger partial charge is 0.159 e. The maximum Gasteiger partial charge on any atom is 0.159 e. The molecular formula is C19H24O3. The number of ether oxygens (including phenoxy) is 1. The normalized spacial score (nSPS) is 17.9. The van der Waals surface area contributed by atoms with Crippen molar-refractivity contribution in [3.05, 3.63) is 47.5 Å². The fourth-order valence-electron chi connectivity index (χ4n) is 2.75. The first-order chi connectivity index (χ1) is 10.6. The van der Waals surface area contributed by atoms with Crippen LogP contribution in [0.2, 0.25) is 0 Å². The maximum absolute atomic E-state index is 12.2. The highest BCUT2D eigenvalue weighted by Gasteiger charge is 2.29. The largest absolute Gasteiger partial charge is 0.377 e. The van der Waals surface area contributed by atoms with Gasteiger partial charge in [-0.05, 0) is 29.9 Å². The van der Waals surface area contributed by atoms with Crippen molar-refractivity contribution in [3.63, 3.8) is 0 Å². The molecule has 0 saturated heterocycles. The van der Waals surface area contributed by atoms with Gasteiger partial charge >= 0.3 is 0 Å². The van der Waals surface area contributed by atoms with E-state index in [9.17, 15) is 9.59 Å². The monoisotopic (exact) mass is 300 g/mol. The molecule has 118 valence electrons. The molecule has 0 radical (unpaired) electrons. The molecule has 3 heteroatoms. The fourth-order valence-corrected chi connectivity index (χ4v) is 2.75. The highest BCUT2D eigenvalue weighted by atomic mass is 16.5. The van der Waals surface area contributed by atoms with Crippen molar-refractivity contribution in [2.24, 2.45) is 11.8 Å². The zero-order valence-electron chi connectivity index (χ0n) is 13.4. The SMILES string of the molecule is CC(C)CC(=O)C1=CC(=O)CC1CCOCc1ccccc1. The van der Waals surface area contributed by atoms with Crippen LogP contribution in [0, 0.1) is 11.8 Å². The van der Waals surface area contributed by atoms with Gasteiger partial charge in [-0.2, -0.15) is 0 Å². The third-order valence-electron chi connectivity index (χ3n) is 3.84. The van der Waals surface area contributed by atoms with Crippen molar-refractivity contribution in [1.29, 1.82) is 0 Å². The van der Waals surface area contributed by atoms with E-state index in [4.69, 9.17) is 4.74 Å². The van der Waals surface area contributed by atoms with E-state index in [1.807, 2.05) is 44.2 Å². The minimum atomic E-state index is 0.0366. The van der Waals surface area contributed by atoms with Crippen molar-refractivity contribution in [2.45, 2.75) is 39.7 Å². The van der Waals surface area contributed by atoms with Gasteiger partial charge in [-0.3, -0.25) is 9.59 Å². The number of allylic oxidation sites excluding steroid dienone is 2. The summed E-state index contributed by atoms with van der Waals surface area (Å²) in [6.07, 6.45) is 3.25. The lowest BCUT2D eigenvalue weighted by molar-refractivity contribution is -0.116. The van der Waals surface area contributed by atoms with E-state index in [2.05, 4.69) is 0 Å². The summed E-state index contributed by atoms with van der Waals surface area (Å²) in [7, 11) is 0. The molecule has 1 atom stereocenters. The summed E-state index contributed by atoms with van der Waals surface area (Å²) in [6, 6.07) is 10.00. The average Bonchev–Trinajstić information content (AvgIpc) is 2.85. The molecule has 0 aliphatic heterocycles. The number of benzene rings is 1. The number of carbonyl (C=O) groups excluding carboxylic acids is 2. The van der Waals surface area contributed by atoms with Crippen LogP contribution in [-0.2, 0) is 20.9 Å². The van der Waals surface area contributed by atoms with Gasteiger partial charge in [-0.1, -0.05) is 44.2 Å². The summed E-state index contributed by atoms with van der Waals surface area (Å²) >= 11 is 0. The van der Waals surface area contributed by atoms with Gasteiger partial charge in [0.1, 0.15) is 0 Å². The number of ketones is 2. The second-order valence-electron chi connectivity index (χ2n) is 6.32. The molecule has 0 saturated carbocycles. The predicted octanol–water partition coefficient (Wildman–Crippen LogP) is 3.72. The number of carbonyl (C=O) groups is 2. The third kappa shape index (κ3) is 4.92. The van der Waals surface area contributed by atoms with Crippen LogP contribution in [0.5, 0.6) is 0 Å². The Morgan fingerprint density at radius 3 is 2.68 bits per heavy atom. The zero-order valence-corrected chi connectivity index (χ0v) is 13.4. The van der Waals surface area contributed by atoms with E-state index in [0.717, 1.165) is 12.0 Å². The second-order valence-corrected chi connectivity index (χ2v) is 6.32. The van der Waals surface area contributed by atoms with Crippen molar-refractivity contribution in [1.82, 2.24) is 0 Å². The standard InChI is InChI=1S/C19H24O3/c1-14(2)10-19(21)18-12-17(20)11-16(18)8-9-22-13-15-6-4-3-5-7-15/h3-7,12,14,16H,8-11,13H2,1-2H3. The van der Waals surface area contributed by atoms with E-state index >= 15 is 0 Å². The molecule has 0 heterocycles. The number of hydrogen-bond donors (Lipinski definition) is 0.